The summed E-state index contributed by atoms with van der Waals surface area (Å²) in [6, 6.07) is 6.80. The van der Waals surface area contributed by atoms with Crippen LogP contribution in [0.4, 0.5) is 0 Å². The fourth-order valence-corrected chi connectivity index (χ4v) is 2.35. The van der Waals surface area contributed by atoms with Crippen molar-refractivity contribution in [1.82, 2.24) is 15.1 Å². The molecule has 0 bridgehead atoms. The van der Waals surface area contributed by atoms with E-state index in [0.29, 0.717) is 0 Å². The third-order valence-corrected chi connectivity index (χ3v) is 3.62. The molecule has 0 saturated carbocycles. The number of rotatable bonds is 3. The first-order valence-corrected chi connectivity index (χ1v) is 6.27. The molecule has 2 aromatic rings. The predicted molar refractivity (Wildman–Crippen MR) is 74.8 cm³/mol. The second-order valence-corrected chi connectivity index (χ2v) is 4.89. The largest absolute Gasteiger partial charge is 0.309 e. The van der Waals surface area contributed by atoms with Gasteiger partial charge in [0.15, 0.2) is 0 Å². The summed E-state index contributed by atoms with van der Waals surface area (Å²) < 4.78 is 1.92. The maximum absolute atomic E-state index is 4.34. The highest BCUT2D eigenvalue weighted by atomic mass is 15.3. The van der Waals surface area contributed by atoms with Gasteiger partial charge >= 0.3 is 0 Å². The van der Waals surface area contributed by atoms with Crippen molar-refractivity contribution in [3.05, 3.63) is 52.3 Å². The highest BCUT2D eigenvalue weighted by Gasteiger charge is 2.18. The van der Waals surface area contributed by atoms with Crippen LogP contribution in [0, 0.1) is 20.8 Å². The second-order valence-electron chi connectivity index (χ2n) is 4.89. The molecule has 1 N–H and O–H groups in total. The quantitative estimate of drug-likeness (QED) is 0.898. The summed E-state index contributed by atoms with van der Waals surface area (Å²) in [7, 11) is 3.98. The molecule has 2 rings (SSSR count). The minimum absolute atomic E-state index is 0.207. The van der Waals surface area contributed by atoms with Crippen molar-refractivity contribution in [3.8, 4) is 0 Å². The van der Waals surface area contributed by atoms with Gasteiger partial charge in [0, 0.05) is 18.3 Å². The first-order chi connectivity index (χ1) is 8.54. The highest BCUT2D eigenvalue weighted by Crippen LogP contribution is 2.27. The molecule has 0 aliphatic rings. The molecule has 1 aromatic heterocycles. The van der Waals surface area contributed by atoms with E-state index in [4.69, 9.17) is 0 Å². The molecule has 0 radical (unpaired) electrons. The number of benzene rings is 1. The summed E-state index contributed by atoms with van der Waals surface area (Å²) >= 11 is 0. The summed E-state index contributed by atoms with van der Waals surface area (Å²) in [6.45, 7) is 6.40. The second kappa shape index (κ2) is 4.94. The van der Waals surface area contributed by atoms with E-state index in [1.165, 1.54) is 27.9 Å². The van der Waals surface area contributed by atoms with Crippen molar-refractivity contribution in [2.24, 2.45) is 7.05 Å². The van der Waals surface area contributed by atoms with Gasteiger partial charge in [0.05, 0.1) is 12.2 Å². The van der Waals surface area contributed by atoms with Gasteiger partial charge in [-0.1, -0.05) is 23.8 Å². The van der Waals surface area contributed by atoms with Crippen LogP contribution in [-0.2, 0) is 7.05 Å². The van der Waals surface area contributed by atoms with Gasteiger partial charge in [0.2, 0.25) is 0 Å². The lowest BCUT2D eigenvalue weighted by Crippen LogP contribution is -2.19. The zero-order chi connectivity index (χ0) is 13.3. The summed E-state index contributed by atoms with van der Waals surface area (Å²) in [4.78, 5) is 0. The Morgan fingerprint density at radius 1 is 1.17 bits per heavy atom. The van der Waals surface area contributed by atoms with Crippen LogP contribution in [0.3, 0.4) is 0 Å². The minimum Gasteiger partial charge on any atom is -0.309 e. The summed E-state index contributed by atoms with van der Waals surface area (Å²) in [6.07, 6.45) is 1.96. The van der Waals surface area contributed by atoms with Gasteiger partial charge in [-0.3, -0.25) is 4.68 Å². The third-order valence-electron chi connectivity index (χ3n) is 3.62. The van der Waals surface area contributed by atoms with E-state index >= 15 is 0 Å². The van der Waals surface area contributed by atoms with E-state index in [-0.39, 0.29) is 6.04 Å². The standard InChI is InChI=1S/C15H21N3/c1-10-6-7-11(2)13(8-10)15(16-4)14-9-17-18(5)12(14)3/h6-9,15-16H,1-5H3. The van der Waals surface area contributed by atoms with Crippen LogP contribution in [0.1, 0.15) is 34.0 Å². The van der Waals surface area contributed by atoms with E-state index in [9.17, 15) is 0 Å². The van der Waals surface area contributed by atoms with Crippen LogP contribution >= 0.6 is 0 Å². The fourth-order valence-electron chi connectivity index (χ4n) is 2.35. The molecule has 1 unspecified atom stereocenters. The van der Waals surface area contributed by atoms with Crippen LogP contribution in [0.15, 0.2) is 24.4 Å². The van der Waals surface area contributed by atoms with Crippen molar-refractivity contribution in [1.29, 1.82) is 0 Å². The molecule has 0 saturated heterocycles. The van der Waals surface area contributed by atoms with Crippen LogP contribution in [0.25, 0.3) is 0 Å². The molecule has 0 fully saturated rings. The van der Waals surface area contributed by atoms with Gasteiger partial charge in [-0.05, 0) is 38.9 Å². The molecule has 1 heterocycles. The molecular formula is C15H21N3. The topological polar surface area (TPSA) is 29.9 Å². The molecule has 0 amide bonds. The molecule has 0 aliphatic carbocycles. The van der Waals surface area contributed by atoms with Gasteiger partial charge in [-0.15, -0.1) is 0 Å². The van der Waals surface area contributed by atoms with Crippen LogP contribution in [0.2, 0.25) is 0 Å². The van der Waals surface area contributed by atoms with Crippen LogP contribution in [0.5, 0.6) is 0 Å². The van der Waals surface area contributed by atoms with Crippen molar-refractivity contribution >= 4 is 0 Å². The molecule has 0 aliphatic heterocycles. The normalized spacial score (nSPS) is 12.7. The van der Waals surface area contributed by atoms with E-state index in [1.807, 2.05) is 25.0 Å². The van der Waals surface area contributed by atoms with Gasteiger partial charge in [0.25, 0.3) is 0 Å². The fraction of sp³-hybridized carbons (Fsp3) is 0.400. The lowest BCUT2D eigenvalue weighted by Gasteiger charge is -2.19. The molecule has 3 heteroatoms. The average Bonchev–Trinajstić information content (AvgIpc) is 2.67. The first kappa shape index (κ1) is 12.8. The monoisotopic (exact) mass is 243 g/mol. The molecule has 96 valence electrons. The summed E-state index contributed by atoms with van der Waals surface area (Å²) in [5, 5.41) is 7.74. The Kier molecular flexibility index (Phi) is 3.53. The van der Waals surface area contributed by atoms with Crippen molar-refractivity contribution in [2.75, 3.05) is 7.05 Å². The maximum atomic E-state index is 4.34. The van der Waals surface area contributed by atoms with Crippen LogP contribution in [-0.4, -0.2) is 16.8 Å². The molecular weight excluding hydrogens is 222 g/mol. The van der Waals surface area contributed by atoms with E-state index in [0.717, 1.165) is 0 Å². The maximum Gasteiger partial charge on any atom is 0.0610 e. The smallest absolute Gasteiger partial charge is 0.0610 e. The molecule has 1 atom stereocenters. The number of hydrogen-bond acceptors (Lipinski definition) is 2. The molecule has 1 aromatic carbocycles. The SMILES string of the molecule is CNC(c1cc(C)ccc1C)c1cnn(C)c1C. The van der Waals surface area contributed by atoms with Crippen molar-refractivity contribution in [3.63, 3.8) is 0 Å². The average molecular weight is 243 g/mol. The zero-order valence-electron chi connectivity index (χ0n) is 11.8. The van der Waals surface area contributed by atoms with Gasteiger partial charge in [0.1, 0.15) is 0 Å². The first-order valence-electron chi connectivity index (χ1n) is 6.27. The number of aryl methyl sites for hydroxylation is 3. The van der Waals surface area contributed by atoms with Crippen LogP contribution < -0.4 is 5.32 Å². The van der Waals surface area contributed by atoms with E-state index in [1.54, 1.807) is 0 Å². The molecule has 0 spiro atoms. The summed E-state index contributed by atoms with van der Waals surface area (Å²) in [5.74, 6) is 0. The Balaban J connectivity index is 2.51. The highest BCUT2D eigenvalue weighted by molar-refractivity contribution is 5.39. The minimum atomic E-state index is 0.207. The summed E-state index contributed by atoms with van der Waals surface area (Å²) in [5.41, 5.74) is 6.37. The lowest BCUT2D eigenvalue weighted by atomic mass is 9.94. The van der Waals surface area contributed by atoms with E-state index < -0.39 is 0 Å². The van der Waals surface area contributed by atoms with Gasteiger partial charge < -0.3 is 5.32 Å². The third kappa shape index (κ3) is 2.18. The van der Waals surface area contributed by atoms with Gasteiger partial charge in [-0.25, -0.2) is 0 Å². The number of nitrogens with one attached hydrogen (secondary N) is 1. The lowest BCUT2D eigenvalue weighted by molar-refractivity contribution is 0.675. The Bertz CT molecular complexity index is 555. The number of hydrogen-bond donors (Lipinski definition) is 1. The predicted octanol–water partition coefficient (Wildman–Crippen LogP) is 2.65. The Morgan fingerprint density at radius 3 is 2.44 bits per heavy atom. The van der Waals surface area contributed by atoms with Crippen molar-refractivity contribution in [2.45, 2.75) is 26.8 Å². The Hall–Kier alpha value is -1.61. The Labute approximate surface area is 109 Å². The Morgan fingerprint density at radius 2 is 1.89 bits per heavy atom. The molecule has 18 heavy (non-hydrogen) atoms. The van der Waals surface area contributed by atoms with Gasteiger partial charge in [-0.2, -0.15) is 5.10 Å². The number of nitrogens with zero attached hydrogens (tertiary/aromatic N) is 2. The zero-order valence-corrected chi connectivity index (χ0v) is 11.8. The van der Waals surface area contributed by atoms with Crippen molar-refractivity contribution < 1.29 is 0 Å². The van der Waals surface area contributed by atoms with E-state index in [2.05, 4.69) is 49.4 Å². The number of aromatic nitrogens is 2. The molecule has 3 nitrogen and oxygen atoms in total.